The minimum absolute atomic E-state index is 1.03. The van der Waals surface area contributed by atoms with Gasteiger partial charge in [0, 0.05) is 0 Å². The van der Waals surface area contributed by atoms with Crippen LogP contribution in [-0.2, 0) is 0 Å². The van der Waals surface area contributed by atoms with Crippen molar-refractivity contribution < 1.29 is 0 Å². The summed E-state index contributed by atoms with van der Waals surface area (Å²) in [6.45, 7) is 8.91. The third-order valence-electron chi connectivity index (χ3n) is 5.82. The first-order valence-corrected chi connectivity index (χ1v) is 7.79. The molecule has 2 bridgehead atoms. The first-order valence-electron chi connectivity index (χ1n) is 7.79. The molecule has 0 heteroatoms. The standard InChI is InChI=1S/C14H24.C2H6/c1-3-10-8-14-12-5-4-11(7-12)13(14)6-9(10)2;1-2/h9-14H,3-8H2,1-2H3;1-2H3. The lowest BCUT2D eigenvalue weighted by Crippen LogP contribution is -2.34. The van der Waals surface area contributed by atoms with Crippen LogP contribution in [0.1, 0.15) is 66.2 Å². The Morgan fingerprint density at radius 3 is 2.00 bits per heavy atom. The summed E-state index contributed by atoms with van der Waals surface area (Å²) in [4.78, 5) is 0. The zero-order chi connectivity index (χ0) is 11.7. The molecule has 3 rings (SSSR count). The first-order chi connectivity index (χ1) is 7.79. The summed E-state index contributed by atoms with van der Waals surface area (Å²) in [5, 5.41) is 0. The molecule has 3 aliphatic rings. The molecule has 6 unspecified atom stereocenters. The van der Waals surface area contributed by atoms with E-state index in [9.17, 15) is 0 Å². The highest BCUT2D eigenvalue weighted by molar-refractivity contribution is 5.00. The van der Waals surface area contributed by atoms with Crippen molar-refractivity contribution in [2.24, 2.45) is 35.5 Å². The zero-order valence-electron chi connectivity index (χ0n) is 11.7. The monoisotopic (exact) mass is 222 g/mol. The van der Waals surface area contributed by atoms with Gasteiger partial charge in [-0.1, -0.05) is 34.1 Å². The molecular formula is C16H30. The molecule has 94 valence electrons. The molecule has 0 N–H and O–H groups in total. The minimum atomic E-state index is 1.03. The van der Waals surface area contributed by atoms with Gasteiger partial charge in [0.2, 0.25) is 0 Å². The number of hydrogen-bond acceptors (Lipinski definition) is 0. The molecule has 16 heavy (non-hydrogen) atoms. The SMILES string of the molecule is CC.CCC1CC2C3CCC(C3)C2CC1C. The van der Waals surface area contributed by atoms with Gasteiger partial charge in [-0.3, -0.25) is 0 Å². The number of hydrogen-bond donors (Lipinski definition) is 0. The van der Waals surface area contributed by atoms with Crippen molar-refractivity contribution in [3.8, 4) is 0 Å². The summed E-state index contributed by atoms with van der Waals surface area (Å²) >= 11 is 0. The van der Waals surface area contributed by atoms with Crippen LogP contribution in [0.2, 0.25) is 0 Å². The molecule has 0 spiro atoms. The van der Waals surface area contributed by atoms with Gasteiger partial charge in [0.1, 0.15) is 0 Å². The zero-order valence-corrected chi connectivity index (χ0v) is 11.7. The Kier molecular flexibility index (Phi) is 3.97. The van der Waals surface area contributed by atoms with E-state index in [-0.39, 0.29) is 0 Å². The molecule has 0 radical (unpaired) electrons. The normalized spacial score (nSPS) is 49.5. The van der Waals surface area contributed by atoms with Crippen molar-refractivity contribution in [3.05, 3.63) is 0 Å². The summed E-state index contributed by atoms with van der Waals surface area (Å²) < 4.78 is 0. The van der Waals surface area contributed by atoms with E-state index in [1.165, 1.54) is 6.42 Å². The Labute approximate surface area is 102 Å². The van der Waals surface area contributed by atoms with Crippen LogP contribution in [0.4, 0.5) is 0 Å². The van der Waals surface area contributed by atoms with Crippen LogP contribution in [0, 0.1) is 35.5 Å². The van der Waals surface area contributed by atoms with E-state index in [2.05, 4.69) is 13.8 Å². The predicted molar refractivity (Wildman–Crippen MR) is 71.3 cm³/mol. The second-order valence-corrected chi connectivity index (χ2v) is 6.28. The van der Waals surface area contributed by atoms with Gasteiger partial charge in [-0.25, -0.2) is 0 Å². The quantitative estimate of drug-likeness (QED) is 0.577. The molecule has 0 saturated heterocycles. The molecule has 6 atom stereocenters. The molecule has 0 aromatic carbocycles. The number of fused-ring (bicyclic) bond motifs is 5. The maximum Gasteiger partial charge on any atom is -0.0352 e. The molecule has 0 heterocycles. The smallest absolute Gasteiger partial charge is 0.0352 e. The van der Waals surface area contributed by atoms with E-state index in [4.69, 9.17) is 0 Å². The Hall–Kier alpha value is 0. The molecule has 0 aromatic rings. The van der Waals surface area contributed by atoms with Gasteiger partial charge in [0.05, 0.1) is 0 Å². The first kappa shape index (κ1) is 12.5. The lowest BCUT2D eigenvalue weighted by atomic mass is 9.63. The second kappa shape index (κ2) is 5.10. The highest BCUT2D eigenvalue weighted by Gasteiger charge is 2.50. The highest BCUT2D eigenvalue weighted by atomic mass is 14.6. The topological polar surface area (TPSA) is 0 Å². The van der Waals surface area contributed by atoms with Gasteiger partial charge in [0.25, 0.3) is 0 Å². The summed E-state index contributed by atoms with van der Waals surface area (Å²) in [6.07, 6.45) is 9.36. The van der Waals surface area contributed by atoms with E-state index in [0.29, 0.717) is 0 Å². The van der Waals surface area contributed by atoms with Gasteiger partial charge < -0.3 is 0 Å². The van der Waals surface area contributed by atoms with E-state index in [0.717, 1.165) is 35.5 Å². The van der Waals surface area contributed by atoms with E-state index in [1.807, 2.05) is 13.8 Å². The largest absolute Gasteiger partial charge is 0.0683 e. The summed E-state index contributed by atoms with van der Waals surface area (Å²) in [7, 11) is 0. The summed E-state index contributed by atoms with van der Waals surface area (Å²) in [5.41, 5.74) is 0. The van der Waals surface area contributed by atoms with Crippen molar-refractivity contribution in [3.63, 3.8) is 0 Å². The van der Waals surface area contributed by atoms with Crippen molar-refractivity contribution in [2.75, 3.05) is 0 Å². The minimum Gasteiger partial charge on any atom is -0.0683 e. The second-order valence-electron chi connectivity index (χ2n) is 6.28. The fourth-order valence-electron chi connectivity index (χ4n) is 5.04. The van der Waals surface area contributed by atoms with Crippen LogP contribution in [0.25, 0.3) is 0 Å². The molecular weight excluding hydrogens is 192 g/mol. The van der Waals surface area contributed by atoms with Crippen LogP contribution < -0.4 is 0 Å². The maximum absolute atomic E-state index is 2.51. The molecule has 3 fully saturated rings. The van der Waals surface area contributed by atoms with Crippen LogP contribution in [0.15, 0.2) is 0 Å². The Balaban J connectivity index is 0.000000457. The third-order valence-corrected chi connectivity index (χ3v) is 5.82. The van der Waals surface area contributed by atoms with Gasteiger partial charge >= 0.3 is 0 Å². The third kappa shape index (κ3) is 1.93. The summed E-state index contributed by atoms with van der Waals surface area (Å²) in [6, 6.07) is 0. The van der Waals surface area contributed by atoms with Gasteiger partial charge in [0.15, 0.2) is 0 Å². The Bertz CT molecular complexity index is 220. The van der Waals surface area contributed by atoms with E-state index >= 15 is 0 Å². The fourth-order valence-corrected chi connectivity index (χ4v) is 5.04. The van der Waals surface area contributed by atoms with Gasteiger partial charge in [-0.15, -0.1) is 0 Å². The average molecular weight is 222 g/mol. The fraction of sp³-hybridized carbons (Fsp3) is 1.00. The predicted octanol–water partition coefficient (Wildman–Crippen LogP) is 5.13. The molecule has 0 amide bonds. The van der Waals surface area contributed by atoms with Crippen LogP contribution in [-0.4, -0.2) is 0 Å². The van der Waals surface area contributed by atoms with Crippen LogP contribution in [0.3, 0.4) is 0 Å². The van der Waals surface area contributed by atoms with E-state index < -0.39 is 0 Å². The number of rotatable bonds is 1. The molecule has 3 saturated carbocycles. The molecule has 0 nitrogen and oxygen atoms in total. The molecule has 0 aromatic heterocycles. The maximum atomic E-state index is 2.51. The molecule has 3 aliphatic carbocycles. The lowest BCUT2D eigenvalue weighted by molar-refractivity contribution is 0.0756. The van der Waals surface area contributed by atoms with Crippen molar-refractivity contribution in [2.45, 2.75) is 66.2 Å². The van der Waals surface area contributed by atoms with Gasteiger partial charge in [-0.05, 0) is 67.6 Å². The van der Waals surface area contributed by atoms with Crippen molar-refractivity contribution >= 4 is 0 Å². The Morgan fingerprint density at radius 2 is 1.44 bits per heavy atom. The van der Waals surface area contributed by atoms with Crippen molar-refractivity contribution in [1.82, 2.24) is 0 Å². The van der Waals surface area contributed by atoms with Crippen LogP contribution in [0.5, 0.6) is 0 Å². The van der Waals surface area contributed by atoms with E-state index in [1.54, 1.807) is 32.1 Å². The lowest BCUT2D eigenvalue weighted by Gasteiger charge is -2.42. The van der Waals surface area contributed by atoms with Crippen molar-refractivity contribution in [1.29, 1.82) is 0 Å². The van der Waals surface area contributed by atoms with Gasteiger partial charge in [-0.2, -0.15) is 0 Å². The average Bonchev–Trinajstić information content (AvgIpc) is 2.91. The molecule has 0 aliphatic heterocycles. The summed E-state index contributed by atoms with van der Waals surface area (Å²) in [5.74, 6) is 6.73. The highest BCUT2D eigenvalue weighted by Crippen LogP contribution is 2.59. The van der Waals surface area contributed by atoms with Crippen LogP contribution >= 0.6 is 0 Å². The Morgan fingerprint density at radius 1 is 0.875 bits per heavy atom.